The van der Waals surface area contributed by atoms with Crippen LogP contribution in [0.25, 0.3) is 0 Å². The average Bonchev–Trinajstić information content (AvgIpc) is 2.17. The van der Waals surface area contributed by atoms with Gasteiger partial charge in [-0.15, -0.1) is 11.6 Å². The van der Waals surface area contributed by atoms with Gasteiger partial charge in [0.15, 0.2) is 0 Å². The first-order valence-corrected chi connectivity index (χ1v) is 2.67. The molecule has 4 heteroatoms. The normalized spacial score (nSPS) is 44.0. The third kappa shape index (κ3) is 0.588. The first kappa shape index (κ1) is 5.85. The summed E-state index contributed by atoms with van der Waals surface area (Å²) in [6.45, 7) is 0. The van der Waals surface area contributed by atoms with Gasteiger partial charge in [-0.05, 0) is 6.42 Å². The number of rotatable bonds is 1. The highest BCUT2D eigenvalue weighted by atomic mass is 35.5. The lowest BCUT2D eigenvalue weighted by molar-refractivity contribution is -0.139. The molecule has 0 aliphatic heterocycles. The lowest BCUT2D eigenvalue weighted by Gasteiger charge is -1.97. The fourth-order valence-corrected chi connectivity index (χ4v) is 0.808. The molecule has 0 spiro atoms. The first-order valence-electron chi connectivity index (χ1n) is 2.24. The van der Waals surface area contributed by atoms with Crippen molar-refractivity contribution in [1.82, 2.24) is 0 Å². The van der Waals surface area contributed by atoms with Crippen molar-refractivity contribution in [2.75, 3.05) is 0 Å². The Morgan fingerprint density at radius 1 is 2.00 bits per heavy atom. The molecule has 2 atom stereocenters. The van der Waals surface area contributed by atoms with Crippen LogP contribution in [0.3, 0.4) is 0 Å². The van der Waals surface area contributed by atoms with Crippen LogP contribution in [0, 0.1) is 0 Å². The fourth-order valence-electron chi connectivity index (χ4n) is 0.459. The van der Waals surface area contributed by atoms with Gasteiger partial charge in [-0.3, -0.25) is 4.79 Å². The SMILES string of the molecule is NC1(C(=O)O)CC1Cl. The fraction of sp³-hybridized carbons (Fsp3) is 0.750. The quantitative estimate of drug-likeness (QED) is 0.489. The largest absolute Gasteiger partial charge is 0.480 e. The topological polar surface area (TPSA) is 63.3 Å². The predicted octanol–water partition coefficient (Wildman–Crippen LogP) is -0.220. The van der Waals surface area contributed by atoms with E-state index in [1.165, 1.54) is 0 Å². The van der Waals surface area contributed by atoms with Crippen molar-refractivity contribution in [3.63, 3.8) is 0 Å². The number of carboxylic acid groups (broad SMARTS) is 1. The van der Waals surface area contributed by atoms with Crippen LogP contribution in [0.4, 0.5) is 0 Å². The molecule has 1 fully saturated rings. The monoisotopic (exact) mass is 135 g/mol. The molecule has 0 aromatic carbocycles. The molecule has 0 bridgehead atoms. The number of alkyl halides is 1. The van der Waals surface area contributed by atoms with E-state index >= 15 is 0 Å². The zero-order valence-electron chi connectivity index (χ0n) is 4.10. The minimum atomic E-state index is -1.11. The summed E-state index contributed by atoms with van der Waals surface area (Å²) in [7, 11) is 0. The summed E-state index contributed by atoms with van der Waals surface area (Å²) in [5, 5.41) is 7.91. The number of hydrogen-bond donors (Lipinski definition) is 2. The van der Waals surface area contributed by atoms with Gasteiger partial charge in [0.25, 0.3) is 0 Å². The van der Waals surface area contributed by atoms with E-state index in [0.717, 1.165) is 0 Å². The van der Waals surface area contributed by atoms with Gasteiger partial charge in [0, 0.05) is 0 Å². The molecule has 46 valence electrons. The van der Waals surface area contributed by atoms with Crippen molar-refractivity contribution in [3.05, 3.63) is 0 Å². The Kier molecular flexibility index (Phi) is 0.994. The molecule has 3 nitrogen and oxygen atoms in total. The smallest absolute Gasteiger partial charge is 0.325 e. The molecule has 0 radical (unpaired) electrons. The maximum absolute atomic E-state index is 10.1. The minimum Gasteiger partial charge on any atom is -0.480 e. The third-order valence-corrected chi connectivity index (χ3v) is 1.86. The van der Waals surface area contributed by atoms with Gasteiger partial charge in [-0.2, -0.15) is 0 Å². The Labute approximate surface area is 51.4 Å². The molecular formula is C4H6ClNO2. The van der Waals surface area contributed by atoms with Crippen molar-refractivity contribution in [2.45, 2.75) is 17.3 Å². The van der Waals surface area contributed by atoms with Crippen LogP contribution in [0.5, 0.6) is 0 Å². The van der Waals surface area contributed by atoms with E-state index in [-0.39, 0.29) is 5.38 Å². The van der Waals surface area contributed by atoms with Crippen LogP contribution in [-0.4, -0.2) is 22.0 Å². The van der Waals surface area contributed by atoms with Crippen LogP contribution in [0.15, 0.2) is 0 Å². The van der Waals surface area contributed by atoms with Crippen molar-refractivity contribution in [2.24, 2.45) is 5.73 Å². The number of halogens is 1. The molecule has 8 heavy (non-hydrogen) atoms. The lowest BCUT2D eigenvalue weighted by atomic mass is 10.3. The van der Waals surface area contributed by atoms with Crippen molar-refractivity contribution >= 4 is 17.6 Å². The number of aliphatic carboxylic acids is 1. The maximum atomic E-state index is 10.1. The molecular weight excluding hydrogens is 130 g/mol. The summed E-state index contributed by atoms with van der Waals surface area (Å²) < 4.78 is 0. The zero-order valence-corrected chi connectivity index (χ0v) is 4.85. The Balaban J connectivity index is 2.60. The highest BCUT2D eigenvalue weighted by Gasteiger charge is 2.56. The van der Waals surface area contributed by atoms with Gasteiger partial charge in [-0.25, -0.2) is 0 Å². The lowest BCUT2D eigenvalue weighted by Crippen LogP contribution is -2.35. The molecule has 1 aliphatic rings. The van der Waals surface area contributed by atoms with Crippen LogP contribution in [0.2, 0.25) is 0 Å². The second-order valence-corrected chi connectivity index (χ2v) is 2.54. The van der Waals surface area contributed by atoms with Crippen molar-refractivity contribution in [1.29, 1.82) is 0 Å². The van der Waals surface area contributed by atoms with Crippen LogP contribution >= 0.6 is 11.6 Å². The average molecular weight is 136 g/mol. The summed E-state index contributed by atoms with van der Waals surface area (Å²) in [5.74, 6) is -1.00. The highest BCUT2D eigenvalue weighted by Crippen LogP contribution is 2.38. The van der Waals surface area contributed by atoms with E-state index in [9.17, 15) is 4.79 Å². The summed E-state index contributed by atoms with van der Waals surface area (Å²) in [6, 6.07) is 0. The zero-order chi connectivity index (χ0) is 6.36. The Bertz CT molecular complexity index is 138. The van der Waals surface area contributed by atoms with E-state index in [2.05, 4.69) is 0 Å². The third-order valence-electron chi connectivity index (χ3n) is 1.31. The molecule has 1 aliphatic carbocycles. The molecule has 2 unspecified atom stereocenters. The van der Waals surface area contributed by atoms with Gasteiger partial charge in [-0.1, -0.05) is 0 Å². The minimum absolute atomic E-state index is 0.361. The van der Waals surface area contributed by atoms with Gasteiger partial charge in [0.05, 0.1) is 5.38 Å². The summed E-state index contributed by atoms with van der Waals surface area (Å²) >= 11 is 5.38. The standard InChI is InChI=1S/C4H6ClNO2/c5-2-1-4(2,6)3(7)8/h2H,1,6H2,(H,7,8). The van der Waals surface area contributed by atoms with Gasteiger partial charge in [0.2, 0.25) is 0 Å². The molecule has 0 amide bonds. The van der Waals surface area contributed by atoms with E-state index in [1.54, 1.807) is 0 Å². The molecule has 0 aromatic rings. The van der Waals surface area contributed by atoms with Gasteiger partial charge < -0.3 is 10.8 Å². The number of hydrogen-bond acceptors (Lipinski definition) is 2. The maximum Gasteiger partial charge on any atom is 0.325 e. The molecule has 3 N–H and O–H groups in total. The second-order valence-electron chi connectivity index (χ2n) is 2.02. The summed E-state index contributed by atoms with van der Waals surface area (Å²) in [4.78, 5) is 10.1. The Morgan fingerprint density at radius 2 is 2.38 bits per heavy atom. The first-order chi connectivity index (χ1) is 3.57. The number of nitrogens with two attached hydrogens (primary N) is 1. The molecule has 0 heterocycles. The van der Waals surface area contributed by atoms with E-state index in [4.69, 9.17) is 22.4 Å². The van der Waals surface area contributed by atoms with Crippen molar-refractivity contribution < 1.29 is 9.90 Å². The predicted molar refractivity (Wildman–Crippen MR) is 28.8 cm³/mol. The highest BCUT2D eigenvalue weighted by molar-refractivity contribution is 6.26. The van der Waals surface area contributed by atoms with Gasteiger partial charge >= 0.3 is 5.97 Å². The number of carboxylic acids is 1. The van der Waals surface area contributed by atoms with Crippen LogP contribution in [-0.2, 0) is 4.79 Å². The molecule has 1 rings (SSSR count). The Hall–Kier alpha value is -0.280. The van der Waals surface area contributed by atoms with Gasteiger partial charge in [0.1, 0.15) is 5.54 Å². The van der Waals surface area contributed by atoms with Crippen LogP contribution in [0.1, 0.15) is 6.42 Å². The molecule has 0 aromatic heterocycles. The van der Waals surface area contributed by atoms with E-state index < -0.39 is 11.5 Å². The van der Waals surface area contributed by atoms with Crippen molar-refractivity contribution in [3.8, 4) is 0 Å². The second kappa shape index (κ2) is 1.36. The van der Waals surface area contributed by atoms with E-state index in [0.29, 0.717) is 6.42 Å². The molecule has 0 saturated heterocycles. The summed E-state index contributed by atoms with van der Waals surface area (Å²) in [5.41, 5.74) is 4.09. The number of carbonyl (C=O) groups is 1. The van der Waals surface area contributed by atoms with E-state index in [1.807, 2.05) is 0 Å². The van der Waals surface area contributed by atoms with Crippen LogP contribution < -0.4 is 5.73 Å². The molecule has 1 saturated carbocycles. The Morgan fingerprint density at radius 3 is 2.38 bits per heavy atom. The summed E-state index contributed by atoms with van der Waals surface area (Å²) in [6.07, 6.45) is 0.393.